The number of benzene rings is 2. The molecule has 2 aromatic carbocycles. The van der Waals surface area contributed by atoms with Gasteiger partial charge in [-0.25, -0.2) is 0 Å². The van der Waals surface area contributed by atoms with Crippen molar-refractivity contribution in [2.45, 2.75) is 40.7 Å². The Morgan fingerprint density at radius 2 is 1.36 bits per heavy atom. The lowest BCUT2D eigenvalue weighted by Crippen LogP contribution is -2.31. The Balaban J connectivity index is 2.13. The minimum atomic E-state index is -0.557. The van der Waals surface area contributed by atoms with E-state index in [1.54, 1.807) is 6.92 Å². The maximum Gasteiger partial charge on any atom is 0.265 e. The molecule has 2 rings (SSSR count). The van der Waals surface area contributed by atoms with Crippen molar-refractivity contribution in [2.24, 2.45) is 0 Å². The molecule has 2 aromatic rings. The molecule has 0 aliphatic carbocycles. The van der Waals surface area contributed by atoms with E-state index < -0.39 is 6.10 Å². The van der Waals surface area contributed by atoms with E-state index in [9.17, 15) is 4.79 Å². The van der Waals surface area contributed by atoms with Gasteiger partial charge in [0.05, 0.1) is 0 Å². The summed E-state index contributed by atoms with van der Waals surface area (Å²) in [6, 6.07) is 11.9. The van der Waals surface area contributed by atoms with Crippen molar-refractivity contribution in [1.29, 1.82) is 0 Å². The van der Waals surface area contributed by atoms with E-state index in [-0.39, 0.29) is 5.91 Å². The van der Waals surface area contributed by atoms with E-state index >= 15 is 0 Å². The van der Waals surface area contributed by atoms with Gasteiger partial charge in [-0.15, -0.1) is 0 Å². The number of hydrogen-bond acceptors (Lipinski definition) is 2. The van der Waals surface area contributed by atoms with Gasteiger partial charge in [0.15, 0.2) is 6.10 Å². The van der Waals surface area contributed by atoms with Crippen molar-refractivity contribution in [3.63, 3.8) is 0 Å². The molecule has 22 heavy (non-hydrogen) atoms. The average Bonchev–Trinajstić information content (AvgIpc) is 2.46. The van der Waals surface area contributed by atoms with Crippen molar-refractivity contribution < 1.29 is 9.53 Å². The number of hydrogen-bond donors (Lipinski definition) is 1. The van der Waals surface area contributed by atoms with Crippen LogP contribution in [0.25, 0.3) is 0 Å². The molecule has 1 N–H and O–H groups in total. The van der Waals surface area contributed by atoms with Gasteiger partial charge in [-0.1, -0.05) is 36.4 Å². The van der Waals surface area contributed by atoms with Gasteiger partial charge in [0.2, 0.25) is 0 Å². The summed E-state index contributed by atoms with van der Waals surface area (Å²) in [6.45, 7) is 9.71. The number of rotatable bonds is 4. The summed E-state index contributed by atoms with van der Waals surface area (Å²) in [5.74, 6) is 0.645. The van der Waals surface area contributed by atoms with Crippen molar-refractivity contribution in [2.75, 3.05) is 5.32 Å². The fraction of sp³-hybridized carbons (Fsp3) is 0.316. The second kappa shape index (κ2) is 6.65. The number of anilines is 1. The Labute approximate surface area is 132 Å². The van der Waals surface area contributed by atoms with Gasteiger partial charge in [0, 0.05) is 5.69 Å². The predicted molar refractivity (Wildman–Crippen MR) is 90.6 cm³/mol. The average molecular weight is 297 g/mol. The van der Waals surface area contributed by atoms with Crippen LogP contribution in [0.15, 0.2) is 36.4 Å². The first-order chi connectivity index (χ1) is 10.4. The smallest absolute Gasteiger partial charge is 0.265 e. The lowest BCUT2D eigenvalue weighted by molar-refractivity contribution is -0.122. The number of para-hydroxylation sites is 2. The van der Waals surface area contributed by atoms with Crippen LogP contribution in [-0.2, 0) is 4.79 Å². The van der Waals surface area contributed by atoms with Crippen LogP contribution in [0.3, 0.4) is 0 Å². The zero-order valence-electron chi connectivity index (χ0n) is 13.9. The van der Waals surface area contributed by atoms with Crippen LogP contribution in [0.4, 0.5) is 5.69 Å². The fourth-order valence-corrected chi connectivity index (χ4v) is 2.45. The van der Waals surface area contributed by atoms with E-state index in [2.05, 4.69) is 5.32 Å². The number of carbonyl (C=O) groups excluding carboxylic acids is 1. The lowest BCUT2D eigenvalue weighted by atomic mass is 10.1. The van der Waals surface area contributed by atoms with E-state index in [1.165, 1.54) is 0 Å². The molecule has 1 amide bonds. The van der Waals surface area contributed by atoms with Gasteiger partial charge in [0.25, 0.3) is 5.91 Å². The van der Waals surface area contributed by atoms with Gasteiger partial charge < -0.3 is 10.1 Å². The molecule has 3 heteroatoms. The molecule has 116 valence electrons. The zero-order chi connectivity index (χ0) is 16.3. The molecular formula is C19H23NO2. The summed E-state index contributed by atoms with van der Waals surface area (Å²) in [4.78, 5) is 12.4. The maximum absolute atomic E-state index is 12.4. The Hall–Kier alpha value is -2.29. The third kappa shape index (κ3) is 3.48. The standard InChI is InChI=1S/C19H23NO2/c1-12-8-6-9-13(2)17(12)20-19(21)16(5)22-18-14(3)10-7-11-15(18)4/h6-11,16H,1-5H3,(H,20,21)/t16-/m0/s1. The van der Waals surface area contributed by atoms with E-state index in [0.717, 1.165) is 33.7 Å². The first kappa shape index (κ1) is 16.1. The van der Waals surface area contributed by atoms with E-state index in [0.29, 0.717) is 0 Å². The number of amides is 1. The third-order valence-electron chi connectivity index (χ3n) is 3.80. The van der Waals surface area contributed by atoms with Crippen molar-refractivity contribution >= 4 is 11.6 Å². The number of carbonyl (C=O) groups is 1. The SMILES string of the molecule is Cc1cccc(C)c1NC(=O)[C@H](C)Oc1c(C)cccc1C. The largest absolute Gasteiger partial charge is 0.480 e. The molecule has 0 aliphatic heterocycles. The van der Waals surface area contributed by atoms with Crippen molar-refractivity contribution in [1.82, 2.24) is 0 Å². The van der Waals surface area contributed by atoms with Gasteiger partial charge in [-0.3, -0.25) is 4.79 Å². The zero-order valence-corrected chi connectivity index (χ0v) is 13.9. The highest BCUT2D eigenvalue weighted by Gasteiger charge is 2.18. The minimum absolute atomic E-state index is 0.139. The van der Waals surface area contributed by atoms with Crippen molar-refractivity contribution in [3.05, 3.63) is 58.7 Å². The second-order valence-electron chi connectivity index (χ2n) is 5.74. The van der Waals surface area contributed by atoms with Crippen LogP contribution in [0, 0.1) is 27.7 Å². The number of nitrogens with one attached hydrogen (secondary N) is 1. The van der Waals surface area contributed by atoms with Crippen LogP contribution >= 0.6 is 0 Å². The molecule has 0 bridgehead atoms. The topological polar surface area (TPSA) is 38.3 Å². The van der Waals surface area contributed by atoms with Gasteiger partial charge in [-0.05, 0) is 56.9 Å². The normalized spacial score (nSPS) is 11.9. The predicted octanol–water partition coefficient (Wildman–Crippen LogP) is 4.33. The Bertz CT molecular complexity index is 651. The highest BCUT2D eigenvalue weighted by Crippen LogP contribution is 2.24. The van der Waals surface area contributed by atoms with Gasteiger partial charge in [0.1, 0.15) is 5.75 Å². The molecule has 0 heterocycles. The molecule has 0 radical (unpaired) electrons. The first-order valence-electron chi connectivity index (χ1n) is 7.50. The summed E-state index contributed by atoms with van der Waals surface area (Å²) in [5.41, 5.74) is 5.03. The molecule has 0 fully saturated rings. The monoisotopic (exact) mass is 297 g/mol. The van der Waals surface area contributed by atoms with Crippen LogP contribution in [-0.4, -0.2) is 12.0 Å². The highest BCUT2D eigenvalue weighted by molar-refractivity contribution is 5.95. The summed E-state index contributed by atoms with van der Waals surface area (Å²) in [5, 5.41) is 2.97. The van der Waals surface area contributed by atoms with E-state index in [4.69, 9.17) is 4.74 Å². The van der Waals surface area contributed by atoms with Crippen LogP contribution in [0.2, 0.25) is 0 Å². The molecule has 0 aliphatic rings. The summed E-state index contributed by atoms with van der Waals surface area (Å²) >= 11 is 0. The van der Waals surface area contributed by atoms with Crippen LogP contribution < -0.4 is 10.1 Å². The van der Waals surface area contributed by atoms with Gasteiger partial charge >= 0.3 is 0 Å². The Morgan fingerprint density at radius 3 is 1.86 bits per heavy atom. The number of aryl methyl sites for hydroxylation is 4. The molecular weight excluding hydrogens is 274 g/mol. The van der Waals surface area contributed by atoms with Crippen LogP contribution in [0.5, 0.6) is 5.75 Å². The quantitative estimate of drug-likeness (QED) is 0.912. The second-order valence-corrected chi connectivity index (χ2v) is 5.74. The highest BCUT2D eigenvalue weighted by atomic mass is 16.5. The van der Waals surface area contributed by atoms with Crippen LogP contribution in [0.1, 0.15) is 29.2 Å². The van der Waals surface area contributed by atoms with Gasteiger partial charge in [-0.2, -0.15) is 0 Å². The molecule has 0 spiro atoms. The summed E-state index contributed by atoms with van der Waals surface area (Å²) < 4.78 is 5.88. The molecule has 1 atom stereocenters. The molecule has 0 unspecified atom stereocenters. The molecule has 0 saturated carbocycles. The fourth-order valence-electron chi connectivity index (χ4n) is 2.45. The summed E-state index contributed by atoms with van der Waals surface area (Å²) in [7, 11) is 0. The Kier molecular flexibility index (Phi) is 4.86. The lowest BCUT2D eigenvalue weighted by Gasteiger charge is -2.19. The third-order valence-corrected chi connectivity index (χ3v) is 3.80. The molecule has 3 nitrogen and oxygen atoms in total. The minimum Gasteiger partial charge on any atom is -0.480 e. The molecule has 0 saturated heterocycles. The Morgan fingerprint density at radius 1 is 0.909 bits per heavy atom. The van der Waals surface area contributed by atoms with E-state index in [1.807, 2.05) is 64.1 Å². The van der Waals surface area contributed by atoms with Crippen molar-refractivity contribution in [3.8, 4) is 5.75 Å². The summed E-state index contributed by atoms with van der Waals surface area (Å²) in [6.07, 6.45) is -0.557. The number of ether oxygens (including phenoxy) is 1. The first-order valence-corrected chi connectivity index (χ1v) is 7.50. The maximum atomic E-state index is 12.4. The molecule has 0 aromatic heterocycles.